The summed E-state index contributed by atoms with van der Waals surface area (Å²) in [7, 11) is 0. The van der Waals surface area contributed by atoms with Gasteiger partial charge in [-0.25, -0.2) is 0 Å². The Bertz CT molecular complexity index is 1190. The Morgan fingerprint density at radius 1 is 1.08 bits per heavy atom. The van der Waals surface area contributed by atoms with Gasteiger partial charge in [-0.1, -0.05) is 31.4 Å². The number of carbonyl (C=O) groups is 2. The number of furan rings is 1. The van der Waals surface area contributed by atoms with Crippen LogP contribution in [-0.4, -0.2) is 46.0 Å². The second kappa shape index (κ2) is 10.2. The summed E-state index contributed by atoms with van der Waals surface area (Å²) in [6.07, 6.45) is 7.74. The molecule has 0 unspecified atom stereocenters. The molecule has 7 heteroatoms. The third-order valence-corrected chi connectivity index (χ3v) is 7.57. The molecule has 5 rings (SSSR count). The van der Waals surface area contributed by atoms with Crippen molar-refractivity contribution in [2.24, 2.45) is 0 Å². The van der Waals surface area contributed by atoms with E-state index in [9.17, 15) is 9.59 Å². The molecule has 0 bridgehead atoms. The molecule has 2 amide bonds. The van der Waals surface area contributed by atoms with Crippen LogP contribution in [0.2, 0.25) is 0 Å². The van der Waals surface area contributed by atoms with E-state index in [1.165, 1.54) is 6.42 Å². The molecule has 1 atom stereocenters. The lowest BCUT2D eigenvalue weighted by Gasteiger charge is -2.45. The van der Waals surface area contributed by atoms with Crippen LogP contribution in [-0.2, 0) is 17.8 Å². The van der Waals surface area contributed by atoms with Crippen LogP contribution in [0.25, 0.3) is 11.5 Å². The smallest absolute Gasteiger partial charge is 0.271 e. The van der Waals surface area contributed by atoms with Crippen LogP contribution in [0.4, 0.5) is 0 Å². The minimum atomic E-state index is -1.02. The molecule has 0 radical (unpaired) electrons. The summed E-state index contributed by atoms with van der Waals surface area (Å²) in [6.45, 7) is 5.30. The van der Waals surface area contributed by atoms with E-state index in [4.69, 9.17) is 9.15 Å². The van der Waals surface area contributed by atoms with Gasteiger partial charge in [0, 0.05) is 12.6 Å². The number of hydrogen-bond donors (Lipinski definition) is 1. The lowest BCUT2D eigenvalue weighted by Crippen LogP contribution is -2.65. The highest BCUT2D eigenvalue weighted by Crippen LogP contribution is 2.34. The number of carbonyl (C=O) groups excluding carboxylic acids is 2. The quantitative estimate of drug-likeness (QED) is 0.480. The maximum absolute atomic E-state index is 13.8. The van der Waals surface area contributed by atoms with E-state index in [1.807, 2.05) is 66.9 Å². The first-order chi connectivity index (χ1) is 17.5. The third kappa shape index (κ3) is 4.66. The van der Waals surface area contributed by atoms with E-state index in [0.29, 0.717) is 37.6 Å². The molecule has 1 aromatic carbocycles. The van der Waals surface area contributed by atoms with E-state index in [1.54, 1.807) is 11.2 Å². The molecule has 2 aliphatic rings. The maximum atomic E-state index is 13.8. The Kier molecular flexibility index (Phi) is 6.90. The van der Waals surface area contributed by atoms with Crippen LogP contribution in [0.15, 0.2) is 59.2 Å². The summed E-state index contributed by atoms with van der Waals surface area (Å²) in [5, 5.41) is 3.29. The van der Waals surface area contributed by atoms with Crippen molar-refractivity contribution in [3.8, 4) is 17.2 Å². The molecule has 190 valence electrons. The fourth-order valence-electron chi connectivity index (χ4n) is 5.51. The van der Waals surface area contributed by atoms with Crippen molar-refractivity contribution in [2.75, 3.05) is 13.2 Å². The van der Waals surface area contributed by atoms with Gasteiger partial charge in [-0.2, -0.15) is 0 Å². The topological polar surface area (TPSA) is 76.7 Å². The minimum Gasteiger partial charge on any atom is -0.494 e. The molecule has 36 heavy (non-hydrogen) atoms. The van der Waals surface area contributed by atoms with Gasteiger partial charge in [0.2, 0.25) is 5.91 Å². The van der Waals surface area contributed by atoms with E-state index in [-0.39, 0.29) is 17.9 Å². The van der Waals surface area contributed by atoms with Crippen molar-refractivity contribution in [1.29, 1.82) is 0 Å². The van der Waals surface area contributed by atoms with Gasteiger partial charge >= 0.3 is 0 Å². The number of nitrogens with one attached hydrogen (secondary N) is 1. The predicted molar refractivity (Wildman–Crippen MR) is 138 cm³/mol. The molecule has 0 spiro atoms. The Labute approximate surface area is 212 Å². The molecule has 3 aromatic rings. The summed E-state index contributed by atoms with van der Waals surface area (Å²) in [6, 6.07) is 15.6. The molecule has 1 saturated carbocycles. The van der Waals surface area contributed by atoms with Gasteiger partial charge in [0.05, 0.1) is 25.1 Å². The first-order valence-corrected chi connectivity index (χ1v) is 13.1. The van der Waals surface area contributed by atoms with Gasteiger partial charge in [-0.15, -0.1) is 0 Å². The van der Waals surface area contributed by atoms with Crippen molar-refractivity contribution < 1.29 is 18.7 Å². The molecular formula is C29H35N3O4. The number of benzene rings is 1. The first-order valence-electron chi connectivity index (χ1n) is 13.1. The van der Waals surface area contributed by atoms with Crippen molar-refractivity contribution in [1.82, 2.24) is 14.8 Å². The van der Waals surface area contributed by atoms with E-state index in [0.717, 1.165) is 42.7 Å². The van der Waals surface area contributed by atoms with Crippen LogP contribution in [0.3, 0.4) is 0 Å². The van der Waals surface area contributed by atoms with Gasteiger partial charge in [0.1, 0.15) is 22.7 Å². The molecule has 2 aromatic heterocycles. The van der Waals surface area contributed by atoms with Gasteiger partial charge in [0.15, 0.2) is 0 Å². The summed E-state index contributed by atoms with van der Waals surface area (Å²) in [4.78, 5) is 29.5. The monoisotopic (exact) mass is 489 g/mol. The number of rotatable bonds is 8. The van der Waals surface area contributed by atoms with Crippen molar-refractivity contribution in [2.45, 2.75) is 70.5 Å². The van der Waals surface area contributed by atoms with Gasteiger partial charge in [-0.05, 0) is 75.1 Å². The van der Waals surface area contributed by atoms with E-state index >= 15 is 0 Å². The predicted octanol–water partition coefficient (Wildman–Crippen LogP) is 5.05. The van der Waals surface area contributed by atoms with Gasteiger partial charge in [0.25, 0.3) is 5.91 Å². The summed E-state index contributed by atoms with van der Waals surface area (Å²) in [5.41, 5.74) is 1.47. The van der Waals surface area contributed by atoms with Crippen LogP contribution < -0.4 is 10.1 Å². The van der Waals surface area contributed by atoms with E-state index < -0.39 is 5.54 Å². The lowest BCUT2D eigenvalue weighted by molar-refractivity contribution is -0.133. The highest BCUT2D eigenvalue weighted by atomic mass is 16.5. The highest BCUT2D eigenvalue weighted by Gasteiger charge is 2.48. The fraction of sp³-hybridized carbons (Fsp3) is 0.448. The normalized spacial score (nSPS) is 20.3. The zero-order valence-corrected chi connectivity index (χ0v) is 21.2. The van der Waals surface area contributed by atoms with Crippen LogP contribution >= 0.6 is 0 Å². The molecule has 1 fully saturated rings. The largest absolute Gasteiger partial charge is 0.494 e. The average molecular weight is 490 g/mol. The second-order valence-electron chi connectivity index (χ2n) is 10.0. The molecule has 1 aliphatic carbocycles. The number of nitrogens with zero attached hydrogens (tertiary/aromatic N) is 2. The number of ether oxygens (including phenoxy) is 1. The second-order valence-corrected chi connectivity index (χ2v) is 10.0. The van der Waals surface area contributed by atoms with Crippen LogP contribution in [0.5, 0.6) is 5.75 Å². The van der Waals surface area contributed by atoms with Crippen molar-refractivity contribution >= 4 is 11.8 Å². The van der Waals surface area contributed by atoms with Crippen LogP contribution in [0.1, 0.15) is 62.0 Å². The summed E-state index contributed by atoms with van der Waals surface area (Å²) < 4.78 is 13.1. The summed E-state index contributed by atoms with van der Waals surface area (Å²) in [5.74, 6) is 1.30. The Morgan fingerprint density at radius 3 is 2.53 bits per heavy atom. The number of amides is 2. The van der Waals surface area contributed by atoms with Gasteiger partial charge in [-0.3, -0.25) is 9.59 Å². The standard InChI is InChI=1S/C29H35N3O4/c1-3-35-23-13-11-21(12-14-23)17-18-32-27(33)25-16-15-24(26-10-7-19-36-26)31(25)20-29(32,2)28(34)30-22-8-5-4-6-9-22/h7,10-16,19,22H,3-6,8-9,17-18,20H2,1-2H3,(H,30,34)/t29-/m0/s1. The molecular weight excluding hydrogens is 454 g/mol. The lowest BCUT2D eigenvalue weighted by atomic mass is 9.91. The third-order valence-electron chi connectivity index (χ3n) is 7.57. The number of hydrogen-bond acceptors (Lipinski definition) is 4. The van der Waals surface area contributed by atoms with Crippen molar-refractivity contribution in [3.05, 3.63) is 66.1 Å². The highest BCUT2D eigenvalue weighted by molar-refractivity contribution is 6.00. The van der Waals surface area contributed by atoms with Gasteiger partial charge < -0.3 is 23.9 Å². The Morgan fingerprint density at radius 2 is 1.83 bits per heavy atom. The molecule has 0 saturated heterocycles. The fourth-order valence-corrected chi connectivity index (χ4v) is 5.51. The number of aromatic nitrogens is 1. The SMILES string of the molecule is CCOc1ccc(CCN2C(=O)c3ccc(-c4ccco4)n3C[C@@]2(C)C(=O)NC2CCCCC2)cc1. The molecule has 1 N–H and O–H groups in total. The first kappa shape index (κ1) is 24.2. The Hall–Kier alpha value is -3.48. The number of fused-ring (bicyclic) bond motifs is 1. The minimum absolute atomic E-state index is 0.0841. The molecule has 3 heterocycles. The van der Waals surface area contributed by atoms with Crippen molar-refractivity contribution in [3.63, 3.8) is 0 Å². The average Bonchev–Trinajstić information content (AvgIpc) is 3.56. The molecule has 7 nitrogen and oxygen atoms in total. The molecule has 1 aliphatic heterocycles. The van der Waals surface area contributed by atoms with E-state index in [2.05, 4.69) is 5.32 Å². The Balaban J connectivity index is 1.43. The van der Waals surface area contributed by atoms with Crippen LogP contribution in [0, 0.1) is 0 Å². The zero-order chi connectivity index (χ0) is 25.1. The zero-order valence-electron chi connectivity index (χ0n) is 21.2. The maximum Gasteiger partial charge on any atom is 0.271 e. The summed E-state index contributed by atoms with van der Waals surface area (Å²) >= 11 is 0.